The van der Waals surface area contributed by atoms with E-state index in [4.69, 9.17) is 16.3 Å². The van der Waals surface area contributed by atoms with Gasteiger partial charge in [-0.2, -0.15) is 0 Å². The summed E-state index contributed by atoms with van der Waals surface area (Å²) in [5.41, 5.74) is 3.24. The van der Waals surface area contributed by atoms with Crippen molar-refractivity contribution in [2.75, 3.05) is 7.05 Å². The molecule has 4 heteroatoms. The van der Waals surface area contributed by atoms with E-state index in [2.05, 4.69) is 10.3 Å². The molecule has 2 aromatic rings. The predicted octanol–water partition coefficient (Wildman–Crippen LogP) is 3.34. The zero-order chi connectivity index (χ0) is 13.7. The van der Waals surface area contributed by atoms with Crippen molar-refractivity contribution in [3.05, 3.63) is 58.2 Å². The van der Waals surface area contributed by atoms with Gasteiger partial charge in [0.2, 0.25) is 5.88 Å². The minimum atomic E-state index is 0.495. The monoisotopic (exact) mass is 276 g/mol. The summed E-state index contributed by atoms with van der Waals surface area (Å²) in [7, 11) is 1.92. The van der Waals surface area contributed by atoms with Gasteiger partial charge in [-0.3, -0.25) is 0 Å². The smallest absolute Gasteiger partial charge is 0.213 e. The molecule has 0 saturated heterocycles. The number of halogens is 1. The van der Waals surface area contributed by atoms with Crippen LogP contribution in [0.15, 0.2) is 36.4 Å². The Bertz CT molecular complexity index is 540. The topological polar surface area (TPSA) is 34.1 Å². The zero-order valence-electron chi connectivity index (χ0n) is 11.1. The van der Waals surface area contributed by atoms with Crippen LogP contribution in [0, 0.1) is 6.92 Å². The molecule has 0 aliphatic heterocycles. The fraction of sp³-hybridized carbons (Fsp3) is 0.267. The van der Waals surface area contributed by atoms with Crippen LogP contribution in [0.25, 0.3) is 0 Å². The number of hydrogen-bond donors (Lipinski definition) is 1. The van der Waals surface area contributed by atoms with Crippen molar-refractivity contribution >= 4 is 11.6 Å². The van der Waals surface area contributed by atoms with Crippen LogP contribution < -0.4 is 10.1 Å². The van der Waals surface area contributed by atoms with Crippen molar-refractivity contribution in [2.24, 2.45) is 0 Å². The normalized spacial score (nSPS) is 10.5. The first-order chi connectivity index (χ1) is 9.19. The Kier molecular flexibility index (Phi) is 4.77. The van der Waals surface area contributed by atoms with Crippen molar-refractivity contribution in [3.63, 3.8) is 0 Å². The second-order valence-corrected chi connectivity index (χ2v) is 4.78. The number of pyridine rings is 1. The Morgan fingerprint density at radius 1 is 1.16 bits per heavy atom. The standard InChI is InChI=1S/C15H17ClN2O/c1-11-13(9-17-2)5-8-15(18-11)19-10-12-3-6-14(16)7-4-12/h3-8,17H,9-10H2,1-2H3. The lowest BCUT2D eigenvalue weighted by Gasteiger charge is -2.09. The summed E-state index contributed by atoms with van der Waals surface area (Å²) in [5.74, 6) is 0.646. The highest BCUT2D eigenvalue weighted by Crippen LogP contribution is 2.15. The lowest BCUT2D eigenvalue weighted by Crippen LogP contribution is -2.08. The average Bonchev–Trinajstić information content (AvgIpc) is 2.41. The van der Waals surface area contributed by atoms with Gasteiger partial charge in [0, 0.05) is 23.3 Å². The Hall–Kier alpha value is -1.58. The number of aromatic nitrogens is 1. The number of nitrogens with zero attached hydrogens (tertiary/aromatic N) is 1. The van der Waals surface area contributed by atoms with Gasteiger partial charge in [0.15, 0.2) is 0 Å². The molecule has 0 aliphatic rings. The van der Waals surface area contributed by atoms with Crippen LogP contribution in [0.1, 0.15) is 16.8 Å². The van der Waals surface area contributed by atoms with Gasteiger partial charge in [0.1, 0.15) is 6.61 Å². The maximum atomic E-state index is 5.84. The van der Waals surface area contributed by atoms with Crippen LogP contribution in [0.3, 0.4) is 0 Å². The highest BCUT2D eigenvalue weighted by Gasteiger charge is 2.02. The van der Waals surface area contributed by atoms with Crippen molar-refractivity contribution in [1.82, 2.24) is 10.3 Å². The highest BCUT2D eigenvalue weighted by molar-refractivity contribution is 6.30. The summed E-state index contributed by atoms with van der Waals surface area (Å²) >= 11 is 5.84. The van der Waals surface area contributed by atoms with Gasteiger partial charge in [-0.15, -0.1) is 0 Å². The number of hydrogen-bond acceptors (Lipinski definition) is 3. The molecule has 1 aromatic heterocycles. The molecule has 19 heavy (non-hydrogen) atoms. The van der Waals surface area contributed by atoms with Crippen molar-refractivity contribution in [2.45, 2.75) is 20.1 Å². The first kappa shape index (κ1) is 13.8. The molecular formula is C15H17ClN2O. The minimum absolute atomic E-state index is 0.495. The van der Waals surface area contributed by atoms with E-state index in [-0.39, 0.29) is 0 Å². The van der Waals surface area contributed by atoms with Crippen LogP contribution in [0.5, 0.6) is 5.88 Å². The second kappa shape index (κ2) is 6.55. The van der Waals surface area contributed by atoms with Gasteiger partial charge in [-0.25, -0.2) is 4.98 Å². The van der Waals surface area contributed by atoms with E-state index in [0.29, 0.717) is 12.5 Å². The van der Waals surface area contributed by atoms with Crippen LogP contribution in [0.4, 0.5) is 0 Å². The second-order valence-electron chi connectivity index (χ2n) is 4.34. The van der Waals surface area contributed by atoms with E-state index in [1.807, 2.05) is 50.4 Å². The maximum absolute atomic E-state index is 5.84. The summed E-state index contributed by atoms with van der Waals surface area (Å²) in [4.78, 5) is 4.44. The molecule has 0 fully saturated rings. The summed E-state index contributed by atoms with van der Waals surface area (Å²) in [6, 6.07) is 11.5. The molecule has 0 radical (unpaired) electrons. The molecular weight excluding hydrogens is 260 g/mol. The van der Waals surface area contributed by atoms with Crippen LogP contribution in [-0.2, 0) is 13.2 Å². The Balaban J connectivity index is 1.99. The summed E-state index contributed by atoms with van der Waals surface area (Å²) in [5, 5.41) is 3.84. The Morgan fingerprint density at radius 2 is 1.89 bits per heavy atom. The molecule has 0 aliphatic carbocycles. The third kappa shape index (κ3) is 3.94. The number of benzene rings is 1. The molecule has 3 nitrogen and oxygen atoms in total. The van der Waals surface area contributed by atoms with Crippen molar-refractivity contribution < 1.29 is 4.74 Å². The lowest BCUT2D eigenvalue weighted by atomic mass is 10.2. The van der Waals surface area contributed by atoms with E-state index < -0.39 is 0 Å². The Morgan fingerprint density at radius 3 is 2.53 bits per heavy atom. The van der Waals surface area contributed by atoms with Crippen LogP contribution in [0.2, 0.25) is 5.02 Å². The van der Waals surface area contributed by atoms with Gasteiger partial charge in [-0.05, 0) is 37.2 Å². The quantitative estimate of drug-likeness (QED) is 0.909. The molecule has 0 amide bonds. The predicted molar refractivity (Wildman–Crippen MR) is 77.5 cm³/mol. The molecule has 0 spiro atoms. The number of ether oxygens (including phenoxy) is 1. The van der Waals surface area contributed by atoms with Gasteiger partial charge in [-0.1, -0.05) is 29.8 Å². The molecule has 1 heterocycles. The van der Waals surface area contributed by atoms with Crippen LogP contribution >= 0.6 is 11.6 Å². The Labute approximate surface area is 118 Å². The number of nitrogens with one attached hydrogen (secondary N) is 1. The van der Waals surface area contributed by atoms with Crippen molar-refractivity contribution in [1.29, 1.82) is 0 Å². The number of rotatable bonds is 5. The maximum Gasteiger partial charge on any atom is 0.213 e. The summed E-state index contributed by atoms with van der Waals surface area (Å²) in [6.45, 7) is 3.30. The molecule has 0 unspecified atom stereocenters. The largest absolute Gasteiger partial charge is 0.473 e. The third-order valence-electron chi connectivity index (χ3n) is 2.84. The fourth-order valence-electron chi connectivity index (χ4n) is 1.76. The lowest BCUT2D eigenvalue weighted by molar-refractivity contribution is 0.293. The third-order valence-corrected chi connectivity index (χ3v) is 3.09. The van der Waals surface area contributed by atoms with E-state index in [9.17, 15) is 0 Å². The van der Waals surface area contributed by atoms with Gasteiger partial charge in [0.25, 0.3) is 0 Å². The molecule has 0 atom stereocenters. The highest BCUT2D eigenvalue weighted by atomic mass is 35.5. The number of aryl methyl sites for hydroxylation is 1. The molecule has 1 aromatic carbocycles. The zero-order valence-corrected chi connectivity index (χ0v) is 11.9. The van der Waals surface area contributed by atoms with Gasteiger partial charge < -0.3 is 10.1 Å². The molecule has 0 bridgehead atoms. The van der Waals surface area contributed by atoms with E-state index in [1.54, 1.807) is 0 Å². The molecule has 0 saturated carbocycles. The van der Waals surface area contributed by atoms with Crippen molar-refractivity contribution in [3.8, 4) is 5.88 Å². The average molecular weight is 277 g/mol. The molecule has 2 rings (SSSR count). The van der Waals surface area contributed by atoms with E-state index >= 15 is 0 Å². The van der Waals surface area contributed by atoms with E-state index in [1.165, 1.54) is 5.56 Å². The first-order valence-corrected chi connectivity index (χ1v) is 6.55. The van der Waals surface area contributed by atoms with Crippen LogP contribution in [-0.4, -0.2) is 12.0 Å². The minimum Gasteiger partial charge on any atom is -0.473 e. The molecule has 100 valence electrons. The summed E-state index contributed by atoms with van der Waals surface area (Å²) < 4.78 is 5.67. The van der Waals surface area contributed by atoms with E-state index in [0.717, 1.165) is 22.8 Å². The SMILES string of the molecule is CNCc1ccc(OCc2ccc(Cl)cc2)nc1C. The summed E-state index contributed by atoms with van der Waals surface area (Å²) in [6.07, 6.45) is 0. The fourth-order valence-corrected chi connectivity index (χ4v) is 1.89. The van der Waals surface area contributed by atoms with Gasteiger partial charge >= 0.3 is 0 Å². The first-order valence-electron chi connectivity index (χ1n) is 6.17. The molecule has 1 N–H and O–H groups in total. The van der Waals surface area contributed by atoms with Gasteiger partial charge in [0.05, 0.1) is 0 Å².